The largest absolute Gasteiger partial charge is 0.455 e. The van der Waals surface area contributed by atoms with Crippen molar-refractivity contribution in [1.29, 1.82) is 0 Å². The van der Waals surface area contributed by atoms with Gasteiger partial charge in [-0.25, -0.2) is 0 Å². The van der Waals surface area contributed by atoms with Crippen LogP contribution >= 0.6 is 0 Å². The van der Waals surface area contributed by atoms with E-state index in [2.05, 4.69) is 289 Å². The van der Waals surface area contributed by atoms with Crippen molar-refractivity contribution in [2.24, 2.45) is 0 Å². The molecule has 0 atom stereocenters. The molecule has 0 saturated carbocycles. The average Bonchev–Trinajstić information content (AvgIpc) is 4.32. The molecule has 356 valence electrons. The normalized spacial score (nSPS) is 12.6. The monoisotopic (exact) mass is 968 g/mol. The quantitative estimate of drug-likeness (QED) is 0.144. The van der Waals surface area contributed by atoms with E-state index in [9.17, 15) is 0 Å². The summed E-state index contributed by atoms with van der Waals surface area (Å²) in [7, 11) is 0. The van der Waals surface area contributed by atoms with Gasteiger partial charge in [-0.05, 0) is 128 Å². The van der Waals surface area contributed by atoms with Gasteiger partial charge in [0.1, 0.15) is 11.2 Å². The molecule has 0 spiro atoms. The standard InChI is InChI=1S/C73H48N2O/c1-3-18-54(19-4-1)73(55-20-5-2-6-21-55)67-29-11-7-23-61(67)66-48-59(45-46-68(66)73)74(56-41-37-50(38-42-56)49-33-35-52(36-34-49)60-27-16-28-65-64-26-10-14-32-71(64)76-72(60)65)57-43-39-51(40-44-57)53-17-15-22-58(47-53)75-69-30-12-8-24-62(69)63-25-9-13-31-70(63)75/h1-48H. The van der Waals surface area contributed by atoms with Crippen LogP contribution in [-0.2, 0) is 5.41 Å². The van der Waals surface area contributed by atoms with Crippen molar-refractivity contribution in [2.75, 3.05) is 4.90 Å². The second kappa shape index (κ2) is 17.6. The first-order valence-corrected chi connectivity index (χ1v) is 26.1. The molecule has 0 radical (unpaired) electrons. The lowest BCUT2D eigenvalue weighted by Crippen LogP contribution is -2.28. The van der Waals surface area contributed by atoms with Gasteiger partial charge in [0.15, 0.2) is 0 Å². The van der Waals surface area contributed by atoms with Crippen molar-refractivity contribution in [2.45, 2.75) is 5.41 Å². The number of rotatable bonds is 9. The molecule has 1 aliphatic rings. The fourth-order valence-electron chi connectivity index (χ4n) is 12.5. The van der Waals surface area contributed by atoms with Gasteiger partial charge in [0, 0.05) is 49.9 Å². The highest BCUT2D eigenvalue weighted by molar-refractivity contribution is 6.10. The van der Waals surface area contributed by atoms with Crippen LogP contribution in [0, 0.1) is 0 Å². The Balaban J connectivity index is 0.835. The Bertz CT molecular complexity index is 4400. The summed E-state index contributed by atoms with van der Waals surface area (Å²) >= 11 is 0. The molecule has 14 aromatic rings. The number of nitrogens with zero attached hydrogens (tertiary/aromatic N) is 2. The highest BCUT2D eigenvalue weighted by atomic mass is 16.3. The van der Waals surface area contributed by atoms with Crippen LogP contribution in [0.25, 0.3) is 93.9 Å². The number of furan rings is 1. The molecular weight excluding hydrogens is 921 g/mol. The first kappa shape index (κ1) is 43.6. The van der Waals surface area contributed by atoms with Crippen LogP contribution in [0.1, 0.15) is 22.3 Å². The lowest BCUT2D eigenvalue weighted by Gasteiger charge is -2.34. The Morgan fingerprint density at radius 1 is 0.303 bits per heavy atom. The fraction of sp³-hybridized carbons (Fsp3) is 0.0137. The minimum absolute atomic E-state index is 0.483. The third-order valence-corrected chi connectivity index (χ3v) is 15.9. The predicted octanol–water partition coefficient (Wildman–Crippen LogP) is 19.5. The number of hydrogen-bond acceptors (Lipinski definition) is 2. The van der Waals surface area contributed by atoms with Crippen LogP contribution < -0.4 is 4.90 Å². The van der Waals surface area contributed by atoms with Crippen molar-refractivity contribution in [3.63, 3.8) is 0 Å². The maximum atomic E-state index is 6.42. The van der Waals surface area contributed by atoms with E-state index in [1.165, 1.54) is 55.2 Å². The zero-order valence-electron chi connectivity index (χ0n) is 41.5. The molecule has 0 unspecified atom stereocenters. The molecule has 0 fully saturated rings. The Hall–Kier alpha value is -9.96. The van der Waals surface area contributed by atoms with Gasteiger partial charge in [0.2, 0.25) is 0 Å². The summed E-state index contributed by atoms with van der Waals surface area (Å²) in [6, 6.07) is 106. The van der Waals surface area contributed by atoms with Crippen molar-refractivity contribution >= 4 is 60.8 Å². The van der Waals surface area contributed by atoms with Crippen LogP contribution in [0.4, 0.5) is 17.1 Å². The molecule has 76 heavy (non-hydrogen) atoms. The second-order valence-electron chi connectivity index (χ2n) is 20.0. The molecule has 3 nitrogen and oxygen atoms in total. The van der Waals surface area contributed by atoms with Gasteiger partial charge in [0.05, 0.1) is 16.4 Å². The summed E-state index contributed by atoms with van der Waals surface area (Å²) in [5.74, 6) is 0. The molecule has 0 amide bonds. The van der Waals surface area contributed by atoms with Crippen LogP contribution in [0.2, 0.25) is 0 Å². The number of benzene rings is 12. The molecule has 1 aliphatic carbocycles. The minimum atomic E-state index is -0.483. The van der Waals surface area contributed by atoms with E-state index in [-0.39, 0.29) is 0 Å². The highest BCUT2D eigenvalue weighted by Gasteiger charge is 2.46. The molecule has 12 aromatic carbocycles. The van der Waals surface area contributed by atoms with E-state index >= 15 is 0 Å². The predicted molar refractivity (Wildman–Crippen MR) is 316 cm³/mol. The molecular formula is C73H48N2O. The summed E-state index contributed by atoms with van der Waals surface area (Å²) < 4.78 is 8.81. The van der Waals surface area contributed by atoms with Gasteiger partial charge in [0.25, 0.3) is 0 Å². The molecule has 2 aromatic heterocycles. The summed E-state index contributed by atoms with van der Waals surface area (Å²) in [5.41, 5.74) is 22.5. The maximum absolute atomic E-state index is 6.42. The third kappa shape index (κ3) is 6.83. The van der Waals surface area contributed by atoms with Crippen LogP contribution in [0.3, 0.4) is 0 Å². The van der Waals surface area contributed by atoms with Crippen molar-refractivity contribution in [1.82, 2.24) is 4.57 Å². The minimum Gasteiger partial charge on any atom is -0.455 e. The van der Waals surface area contributed by atoms with E-state index in [0.29, 0.717) is 0 Å². The van der Waals surface area contributed by atoms with Crippen LogP contribution in [0.5, 0.6) is 0 Å². The first-order valence-electron chi connectivity index (χ1n) is 26.1. The highest BCUT2D eigenvalue weighted by Crippen LogP contribution is 2.57. The summed E-state index contributed by atoms with van der Waals surface area (Å²) in [6.45, 7) is 0. The Labute approximate surface area is 441 Å². The molecule has 0 N–H and O–H groups in total. The first-order chi connectivity index (χ1) is 37.7. The Kier molecular flexibility index (Phi) is 10.1. The van der Waals surface area contributed by atoms with Crippen molar-refractivity contribution < 1.29 is 4.42 Å². The Morgan fingerprint density at radius 2 is 0.789 bits per heavy atom. The molecule has 2 heterocycles. The van der Waals surface area contributed by atoms with Crippen molar-refractivity contribution in [3.05, 3.63) is 313 Å². The van der Waals surface area contributed by atoms with Gasteiger partial charge >= 0.3 is 0 Å². The smallest absolute Gasteiger partial charge is 0.143 e. The van der Waals surface area contributed by atoms with E-state index in [0.717, 1.165) is 78.1 Å². The number of aromatic nitrogens is 1. The molecule has 15 rings (SSSR count). The molecule has 0 saturated heterocycles. The van der Waals surface area contributed by atoms with E-state index in [1.807, 2.05) is 12.1 Å². The zero-order chi connectivity index (χ0) is 50.2. The zero-order valence-corrected chi connectivity index (χ0v) is 41.5. The third-order valence-electron chi connectivity index (χ3n) is 15.9. The number of anilines is 3. The van der Waals surface area contributed by atoms with Crippen LogP contribution in [0.15, 0.2) is 296 Å². The number of para-hydroxylation sites is 4. The van der Waals surface area contributed by atoms with E-state index in [4.69, 9.17) is 4.42 Å². The van der Waals surface area contributed by atoms with E-state index in [1.54, 1.807) is 0 Å². The van der Waals surface area contributed by atoms with Gasteiger partial charge in [-0.15, -0.1) is 0 Å². The summed E-state index contributed by atoms with van der Waals surface area (Å²) in [5, 5.41) is 4.79. The molecule has 0 aliphatic heterocycles. The fourth-order valence-corrected chi connectivity index (χ4v) is 12.5. The lowest BCUT2D eigenvalue weighted by atomic mass is 9.68. The van der Waals surface area contributed by atoms with Crippen molar-refractivity contribution in [3.8, 4) is 50.2 Å². The van der Waals surface area contributed by atoms with Gasteiger partial charge in [-0.2, -0.15) is 0 Å². The Morgan fingerprint density at radius 3 is 1.46 bits per heavy atom. The van der Waals surface area contributed by atoms with Gasteiger partial charge < -0.3 is 13.9 Å². The maximum Gasteiger partial charge on any atom is 0.143 e. The SMILES string of the molecule is c1ccc(C2(c3ccccc3)c3ccccc3-c3cc(N(c4ccc(-c5ccc(-c6cccc7c6oc6ccccc67)cc5)cc4)c4ccc(-c5cccc(-n6c7ccccc7c7ccccc76)c5)cc4)ccc32)cc1. The average molecular weight is 969 g/mol. The molecule has 3 heteroatoms. The second-order valence-corrected chi connectivity index (χ2v) is 20.0. The number of hydrogen-bond donors (Lipinski definition) is 0. The topological polar surface area (TPSA) is 21.3 Å². The number of fused-ring (bicyclic) bond motifs is 9. The summed E-state index contributed by atoms with van der Waals surface area (Å²) in [6.07, 6.45) is 0. The van der Waals surface area contributed by atoms with Gasteiger partial charge in [-0.3, -0.25) is 0 Å². The van der Waals surface area contributed by atoms with Crippen LogP contribution in [-0.4, -0.2) is 4.57 Å². The lowest BCUT2D eigenvalue weighted by molar-refractivity contribution is 0.670. The summed E-state index contributed by atoms with van der Waals surface area (Å²) in [4.78, 5) is 2.41. The van der Waals surface area contributed by atoms with E-state index < -0.39 is 5.41 Å². The molecule has 0 bridgehead atoms. The van der Waals surface area contributed by atoms with Gasteiger partial charge in [-0.1, -0.05) is 224 Å².